The Hall–Kier alpha value is -5.35. The molecule has 60 heavy (non-hydrogen) atoms. The topological polar surface area (TPSA) is 197 Å². The van der Waals surface area contributed by atoms with Gasteiger partial charge in [-0.25, -0.2) is 0 Å². The predicted molar refractivity (Wildman–Crippen MR) is 241 cm³/mol. The van der Waals surface area contributed by atoms with Gasteiger partial charge in [-0.05, 0) is 123 Å². The number of hydrogen-bond donors (Lipinski definition) is 4. The van der Waals surface area contributed by atoms with E-state index < -0.39 is 23.0 Å². The first kappa shape index (κ1) is 42.8. The normalized spacial score (nSPS) is 14.7. The Kier molecular flexibility index (Phi) is 14.4. The van der Waals surface area contributed by atoms with Gasteiger partial charge in [0.25, 0.3) is 0 Å². The predicted octanol–water partition coefficient (Wildman–Crippen LogP) is 10.3. The van der Waals surface area contributed by atoms with Crippen molar-refractivity contribution in [1.29, 1.82) is 0 Å². The summed E-state index contributed by atoms with van der Waals surface area (Å²) < 4.78 is 58.9. The lowest BCUT2D eigenvalue weighted by atomic mass is 10.1. The molecule has 0 saturated carbocycles. The van der Waals surface area contributed by atoms with Crippen molar-refractivity contribution in [3.8, 4) is 34.5 Å². The molecule has 0 spiro atoms. The molecule has 1 aliphatic heterocycles. The molecule has 8 N–H and O–H groups in total. The molecule has 0 amide bonds. The second-order valence-corrected chi connectivity index (χ2v) is 19.7. The largest absolute Gasteiger partial charge is 0.460 e. The first-order valence-electron chi connectivity index (χ1n) is 19.7. The molecular weight excluding hydrogens is 815 g/mol. The Morgan fingerprint density at radius 1 is 0.300 bits per heavy atom. The van der Waals surface area contributed by atoms with Crippen molar-refractivity contribution in [3.05, 3.63) is 180 Å². The maximum absolute atomic E-state index is 7.18. The second-order valence-electron chi connectivity index (χ2n) is 13.5. The summed E-state index contributed by atoms with van der Waals surface area (Å²) in [6.07, 6.45) is 1.99. The number of nitrogens with zero attached hydrogens (tertiary/aromatic N) is 3. The molecule has 6 aromatic rings. The molecule has 7 rings (SSSR count). The van der Waals surface area contributed by atoms with E-state index >= 15 is 0 Å². The van der Waals surface area contributed by atoms with Crippen LogP contribution in [-0.2, 0) is 25.7 Å². The fraction of sp³-hybridized carbons (Fsp3) is 0.182. The highest BCUT2D eigenvalue weighted by molar-refractivity contribution is 7.79. The van der Waals surface area contributed by atoms with E-state index in [4.69, 9.17) is 63.6 Å². The molecule has 0 aromatic heterocycles. The van der Waals surface area contributed by atoms with E-state index in [0.29, 0.717) is 86.4 Å². The highest BCUT2D eigenvalue weighted by Crippen LogP contribution is 2.79. The molecule has 16 heteroatoms. The van der Waals surface area contributed by atoms with Gasteiger partial charge in [0.15, 0.2) is 0 Å². The molecular formula is C44H50N7O6P3. The minimum Gasteiger partial charge on any atom is -0.413 e. The first-order valence-corrected chi connectivity index (χ1v) is 24.3. The molecule has 0 unspecified atom stereocenters. The molecule has 312 valence electrons. The third kappa shape index (κ3) is 10.7. The van der Waals surface area contributed by atoms with Crippen LogP contribution in [-0.4, -0.2) is 26.2 Å². The van der Waals surface area contributed by atoms with Crippen LogP contribution in [0.3, 0.4) is 0 Å². The molecule has 1 aliphatic rings. The molecule has 0 fully saturated rings. The van der Waals surface area contributed by atoms with E-state index in [1.54, 1.807) is 24.3 Å². The minimum atomic E-state index is -4.16. The smallest absolute Gasteiger partial charge is 0.413 e. The highest BCUT2D eigenvalue weighted by Gasteiger charge is 2.49. The summed E-state index contributed by atoms with van der Waals surface area (Å²) in [6.45, 7) is 1.44. The van der Waals surface area contributed by atoms with Gasteiger partial charge >= 0.3 is 23.0 Å². The fourth-order valence-corrected chi connectivity index (χ4v) is 15.5. The zero-order valence-corrected chi connectivity index (χ0v) is 35.8. The number of benzene rings is 6. The third-order valence-electron chi connectivity index (χ3n) is 9.03. The van der Waals surface area contributed by atoms with Gasteiger partial charge in [0, 0.05) is 0 Å². The lowest BCUT2D eigenvalue weighted by molar-refractivity contribution is 0.439. The number of hydrogen-bond acceptors (Lipinski definition) is 13. The zero-order chi connectivity index (χ0) is 41.7. The SMILES string of the molecule is NCCc1ccccc1OP1(Oc2ccccc2CCN)=NP(Oc2ccccc2)(Oc2ccccc2)=NP(Oc2ccccc2CCN)(Oc2ccccc2CCN)=N1. The number of rotatable bonds is 20. The van der Waals surface area contributed by atoms with Gasteiger partial charge in [-0.2, -0.15) is 0 Å². The van der Waals surface area contributed by atoms with Gasteiger partial charge in [0.1, 0.15) is 34.5 Å². The lowest BCUT2D eigenvalue weighted by Crippen LogP contribution is -2.14. The van der Waals surface area contributed by atoms with E-state index in [0.717, 1.165) is 22.3 Å². The van der Waals surface area contributed by atoms with E-state index in [-0.39, 0.29) is 0 Å². The van der Waals surface area contributed by atoms with Crippen molar-refractivity contribution in [1.82, 2.24) is 0 Å². The average Bonchev–Trinajstić information content (AvgIpc) is 3.24. The molecule has 6 aromatic carbocycles. The van der Waals surface area contributed by atoms with Crippen molar-refractivity contribution >= 4 is 23.0 Å². The van der Waals surface area contributed by atoms with Crippen LogP contribution in [0.15, 0.2) is 171 Å². The standard InChI is InChI=1S/C44H50N7O6P3/c45-31-27-35-15-7-11-23-41(35)54-59(55-42-24-12-8-16-36(42)28-32-46)49-58(52-39-19-3-1-4-20-39,53-40-21-5-2-6-22-40)50-60(51-59,56-43-25-13-9-17-37(43)29-33-47)57-44-26-14-10-18-38(44)30-34-48/h1-26H,27-34,45-48H2. The molecule has 0 radical (unpaired) electrons. The second kappa shape index (κ2) is 20.3. The van der Waals surface area contributed by atoms with E-state index in [1.807, 2.05) is 133 Å². The molecule has 1 heterocycles. The lowest BCUT2D eigenvalue weighted by Gasteiger charge is -2.34. The molecule has 0 atom stereocenters. The minimum absolute atomic E-state index is 0.361. The highest BCUT2D eigenvalue weighted by atomic mass is 31.3. The Labute approximate surface area is 351 Å². The average molecular weight is 866 g/mol. The van der Waals surface area contributed by atoms with Crippen LogP contribution in [0.25, 0.3) is 0 Å². The van der Waals surface area contributed by atoms with Gasteiger partial charge in [0.05, 0.1) is 0 Å². The molecule has 13 nitrogen and oxygen atoms in total. The van der Waals surface area contributed by atoms with Gasteiger partial charge in [-0.1, -0.05) is 123 Å². The summed E-state index contributed by atoms with van der Waals surface area (Å²) in [5.41, 5.74) is 27.8. The van der Waals surface area contributed by atoms with Crippen LogP contribution in [0.5, 0.6) is 34.5 Å². The van der Waals surface area contributed by atoms with Crippen molar-refractivity contribution in [2.45, 2.75) is 25.7 Å². The summed E-state index contributed by atoms with van der Waals surface area (Å²) in [7, 11) is -12.4. The summed E-state index contributed by atoms with van der Waals surface area (Å²) >= 11 is 0. The van der Waals surface area contributed by atoms with Crippen LogP contribution in [0, 0.1) is 0 Å². The molecule has 0 saturated heterocycles. The number of nitrogens with two attached hydrogens (primary N) is 4. The van der Waals surface area contributed by atoms with Crippen LogP contribution in [0.4, 0.5) is 0 Å². The van der Waals surface area contributed by atoms with E-state index in [1.165, 1.54) is 0 Å². The maximum atomic E-state index is 7.18. The fourth-order valence-electron chi connectivity index (χ4n) is 6.33. The van der Waals surface area contributed by atoms with Crippen LogP contribution < -0.4 is 50.1 Å². The first-order chi connectivity index (χ1) is 29.4. The summed E-state index contributed by atoms with van der Waals surface area (Å²) in [6, 6.07) is 48.7. The molecule has 0 aliphatic carbocycles. The summed E-state index contributed by atoms with van der Waals surface area (Å²) in [5, 5.41) is 0. The van der Waals surface area contributed by atoms with Gasteiger partial charge in [-0.3, -0.25) is 0 Å². The maximum Gasteiger partial charge on any atom is 0.460 e. The quantitative estimate of drug-likeness (QED) is 0.0536. The van der Waals surface area contributed by atoms with Crippen molar-refractivity contribution in [2.75, 3.05) is 26.2 Å². The molecule has 0 bridgehead atoms. The van der Waals surface area contributed by atoms with E-state index in [9.17, 15) is 0 Å². The van der Waals surface area contributed by atoms with Crippen molar-refractivity contribution in [3.63, 3.8) is 0 Å². The number of para-hydroxylation sites is 6. The Balaban J connectivity index is 1.62. The van der Waals surface area contributed by atoms with E-state index in [2.05, 4.69) is 0 Å². The van der Waals surface area contributed by atoms with Gasteiger partial charge < -0.3 is 50.1 Å². The van der Waals surface area contributed by atoms with Crippen LogP contribution >= 0.6 is 23.0 Å². The van der Waals surface area contributed by atoms with Crippen LogP contribution in [0.2, 0.25) is 0 Å². The monoisotopic (exact) mass is 865 g/mol. The Morgan fingerprint density at radius 3 is 0.800 bits per heavy atom. The van der Waals surface area contributed by atoms with Crippen LogP contribution in [0.1, 0.15) is 22.3 Å². The Bertz CT molecular complexity index is 2260. The third-order valence-corrected chi connectivity index (χ3v) is 17.1. The van der Waals surface area contributed by atoms with Gasteiger partial charge in [-0.15, -0.1) is 0 Å². The summed E-state index contributed by atoms with van der Waals surface area (Å²) in [5.74, 6) is 2.64. The van der Waals surface area contributed by atoms with Gasteiger partial charge in [0.2, 0.25) is 0 Å². The Morgan fingerprint density at radius 2 is 0.533 bits per heavy atom. The van der Waals surface area contributed by atoms with Crippen molar-refractivity contribution in [2.24, 2.45) is 36.5 Å². The zero-order valence-electron chi connectivity index (χ0n) is 33.1. The van der Waals surface area contributed by atoms with Crippen molar-refractivity contribution < 1.29 is 27.1 Å². The summed E-state index contributed by atoms with van der Waals surface area (Å²) in [4.78, 5) is 0.